The Bertz CT molecular complexity index is 8250. The van der Waals surface area contributed by atoms with Gasteiger partial charge in [0.15, 0.2) is 40.8 Å². The Balaban J connectivity index is 0.000000101. The van der Waals surface area contributed by atoms with Gasteiger partial charge in [-0.15, -0.1) is 0 Å². The van der Waals surface area contributed by atoms with Crippen molar-refractivity contribution in [1.29, 1.82) is 0 Å². The number of fused-ring (bicyclic) bond motifs is 24. The van der Waals surface area contributed by atoms with Crippen LogP contribution in [0.5, 0.6) is 0 Å². The van der Waals surface area contributed by atoms with E-state index in [4.69, 9.17) is 44.9 Å². The van der Waals surface area contributed by atoms with Crippen LogP contribution in [0.4, 0.5) is 0 Å². The van der Waals surface area contributed by atoms with Gasteiger partial charge in [-0.3, -0.25) is 4.98 Å². The largest absolute Gasteiger partial charge is 0.265 e. The first-order chi connectivity index (χ1) is 71.4. The van der Waals surface area contributed by atoms with Gasteiger partial charge in [0.25, 0.3) is 0 Å². The van der Waals surface area contributed by atoms with Crippen molar-refractivity contribution in [3.05, 3.63) is 522 Å². The highest BCUT2D eigenvalue weighted by Crippen LogP contribution is 2.45. The standard InChI is InChI=1S/C35H23N.C34H22N2.C33H21N3.C32H20N4/c1-3-11-24(12-4-1)34-22-27(23-35(36-34)25-13-5-2-6-14-25)26-19-20-32-30-17-8-7-15-28(30)29-16-9-10-18-31(29)33(32)21-26;1-3-11-23(12-4-1)32-22-33(24-13-5-2-6-14-24)36-34(35-32)25-19-20-30-28-17-8-7-15-26(28)27-16-9-10-18-29(27)31(30)21-25;1-3-11-22(12-4-1)31-34-32(23-13-5-2-6-14-23)36-33(35-31)24-19-20-29-27-17-8-7-15-25(27)26-16-9-10-18-28(26)30(29)21-24;1-2-8-21(9-3-1)30-34-31(22-16-18-33-19-17-22)36-32(35-30)23-14-15-28-26-12-5-4-10-24(26)25-11-6-7-13-27(25)29(28)20-23/h1-23H;1-22H;1-21H;1-20H. The normalized spacial score (nSPS) is 11.3. The van der Waals surface area contributed by atoms with E-state index >= 15 is 0 Å². The van der Waals surface area contributed by atoms with Crippen molar-refractivity contribution in [2.24, 2.45) is 0 Å². The highest BCUT2D eigenvalue weighted by molar-refractivity contribution is 6.29. The minimum Gasteiger partial charge on any atom is -0.265 e. The Morgan fingerprint density at radius 2 is 0.257 bits per heavy atom. The summed E-state index contributed by atoms with van der Waals surface area (Å²) in [5.41, 5.74) is 17.3. The molecule has 0 aliphatic carbocycles. The van der Waals surface area contributed by atoms with Gasteiger partial charge in [-0.25, -0.2) is 44.9 Å². The molecule has 0 aliphatic heterocycles. The van der Waals surface area contributed by atoms with E-state index in [0.717, 1.165) is 89.8 Å². The number of nitrogens with zero attached hydrogens (tertiary/aromatic N) is 10. The fraction of sp³-hybridized carbons (Fsp3) is 0. The maximum Gasteiger partial charge on any atom is 0.164 e. The van der Waals surface area contributed by atoms with Crippen LogP contribution in [0.2, 0.25) is 0 Å². The second-order valence-electron chi connectivity index (χ2n) is 35.9. The van der Waals surface area contributed by atoms with Crippen molar-refractivity contribution < 1.29 is 0 Å². The summed E-state index contributed by atoms with van der Waals surface area (Å²) >= 11 is 0. The lowest BCUT2D eigenvalue weighted by Gasteiger charge is -2.13. The van der Waals surface area contributed by atoms with E-state index in [0.29, 0.717) is 34.9 Å². The maximum atomic E-state index is 5.05. The molecule has 0 amide bonds. The van der Waals surface area contributed by atoms with Crippen LogP contribution in [-0.4, -0.2) is 49.8 Å². The lowest BCUT2D eigenvalue weighted by molar-refractivity contribution is 1.07. The van der Waals surface area contributed by atoms with Crippen molar-refractivity contribution in [3.8, 4) is 136 Å². The second kappa shape index (κ2) is 38.2. The summed E-state index contributed by atoms with van der Waals surface area (Å²) in [6.07, 6.45) is 3.52. The average Bonchev–Trinajstić information content (AvgIpc) is 0.750. The van der Waals surface area contributed by atoms with E-state index in [-0.39, 0.29) is 0 Å². The number of pyridine rings is 2. The molecule has 0 bridgehead atoms. The molecule has 0 saturated carbocycles. The van der Waals surface area contributed by atoms with Gasteiger partial charge in [0, 0.05) is 73.6 Å². The van der Waals surface area contributed by atoms with Gasteiger partial charge in [-0.2, -0.15) is 0 Å². The third-order valence-electron chi connectivity index (χ3n) is 27.2. The van der Waals surface area contributed by atoms with Crippen LogP contribution in [0.15, 0.2) is 522 Å². The maximum absolute atomic E-state index is 5.05. The lowest BCUT2D eigenvalue weighted by atomic mass is 9.91. The Kier molecular flexibility index (Phi) is 22.8. The summed E-state index contributed by atoms with van der Waals surface area (Å²) in [6.45, 7) is 0. The zero-order valence-electron chi connectivity index (χ0n) is 78.1. The highest BCUT2D eigenvalue weighted by atomic mass is 15.0. The molecule has 28 aromatic rings. The quantitative estimate of drug-likeness (QED) is 0.109. The number of rotatable bonds is 12. The van der Waals surface area contributed by atoms with E-state index < -0.39 is 0 Å². The molecule has 0 spiro atoms. The lowest BCUT2D eigenvalue weighted by Crippen LogP contribution is -2.00. The predicted octanol–water partition coefficient (Wildman–Crippen LogP) is 34.5. The Morgan fingerprint density at radius 3 is 0.493 bits per heavy atom. The molecule has 0 saturated heterocycles. The van der Waals surface area contributed by atoms with Gasteiger partial charge in [-0.05, 0) is 195 Å². The summed E-state index contributed by atoms with van der Waals surface area (Å²) in [7, 11) is 0. The third-order valence-corrected chi connectivity index (χ3v) is 27.2. The Morgan fingerprint density at radius 1 is 0.0903 bits per heavy atom. The molecule has 0 N–H and O–H groups in total. The van der Waals surface area contributed by atoms with Gasteiger partial charge in [-0.1, -0.05) is 455 Å². The number of benzene rings is 23. The minimum atomic E-state index is 0.629. The summed E-state index contributed by atoms with van der Waals surface area (Å²) in [6, 6.07) is 178. The molecular formula is C134H86N10. The first kappa shape index (κ1) is 86.2. The number of aromatic nitrogens is 10. The first-order valence-electron chi connectivity index (χ1n) is 48.5. The fourth-order valence-electron chi connectivity index (χ4n) is 20.3. The van der Waals surface area contributed by atoms with E-state index in [1.165, 1.54) is 140 Å². The summed E-state index contributed by atoms with van der Waals surface area (Å²) < 4.78 is 0. The van der Waals surface area contributed by atoms with Crippen molar-refractivity contribution in [2.45, 2.75) is 0 Å². The van der Waals surface area contributed by atoms with E-state index in [2.05, 4.69) is 363 Å². The molecule has 672 valence electrons. The molecule has 5 heterocycles. The second-order valence-corrected chi connectivity index (χ2v) is 35.9. The predicted molar refractivity (Wildman–Crippen MR) is 599 cm³/mol. The van der Waals surface area contributed by atoms with Gasteiger partial charge >= 0.3 is 0 Å². The SMILES string of the molecule is c1ccc(-c2cc(-c3ccc4c5ccccc5c5ccccc5c4c3)cc(-c3ccccc3)n2)cc1.c1ccc(-c2cc(-c3ccccc3)nc(-c3ccc4c5ccccc5c5ccccc5c4c3)n2)cc1.c1ccc(-c2nc(-c3ccccc3)nc(-c3ccc4c5ccccc5c5ccccc5c4c3)n2)cc1.c1ccc(-c2nc(-c3ccncc3)nc(-c3ccc4c5ccccc5c5ccccc5c4c3)n2)cc1. The molecule has 0 radical (unpaired) electrons. The van der Waals surface area contributed by atoms with E-state index in [1.54, 1.807) is 12.4 Å². The van der Waals surface area contributed by atoms with Crippen molar-refractivity contribution in [2.75, 3.05) is 0 Å². The number of hydrogen-bond acceptors (Lipinski definition) is 10. The van der Waals surface area contributed by atoms with Gasteiger partial charge < -0.3 is 0 Å². The van der Waals surface area contributed by atoms with E-state index in [1.807, 2.05) is 152 Å². The van der Waals surface area contributed by atoms with Crippen LogP contribution in [0.25, 0.3) is 265 Å². The van der Waals surface area contributed by atoms with Crippen molar-refractivity contribution in [3.63, 3.8) is 0 Å². The Labute approximate surface area is 831 Å². The fourth-order valence-corrected chi connectivity index (χ4v) is 20.3. The molecule has 28 rings (SSSR count). The topological polar surface area (TPSA) is 129 Å². The van der Waals surface area contributed by atoms with Crippen LogP contribution in [0, 0.1) is 0 Å². The monoisotopic (exact) mass is 1830 g/mol. The van der Waals surface area contributed by atoms with Crippen LogP contribution in [-0.2, 0) is 0 Å². The molecule has 5 aromatic heterocycles. The zero-order chi connectivity index (χ0) is 95.6. The number of hydrogen-bond donors (Lipinski definition) is 0. The molecule has 144 heavy (non-hydrogen) atoms. The van der Waals surface area contributed by atoms with Crippen LogP contribution < -0.4 is 0 Å². The summed E-state index contributed by atoms with van der Waals surface area (Å²) in [4.78, 5) is 48.6. The Hall–Kier alpha value is -19.4. The molecule has 0 atom stereocenters. The molecule has 10 heteroatoms. The van der Waals surface area contributed by atoms with E-state index in [9.17, 15) is 0 Å². The van der Waals surface area contributed by atoms with Crippen LogP contribution in [0.1, 0.15) is 0 Å². The molecule has 0 fully saturated rings. The van der Waals surface area contributed by atoms with Crippen molar-refractivity contribution in [1.82, 2.24) is 49.8 Å². The zero-order valence-corrected chi connectivity index (χ0v) is 78.1. The smallest absolute Gasteiger partial charge is 0.164 e. The highest BCUT2D eigenvalue weighted by Gasteiger charge is 2.22. The first-order valence-corrected chi connectivity index (χ1v) is 48.5. The van der Waals surface area contributed by atoms with Gasteiger partial charge in [0.2, 0.25) is 0 Å². The van der Waals surface area contributed by atoms with Crippen LogP contribution in [0.3, 0.4) is 0 Å². The minimum absolute atomic E-state index is 0.629. The average molecular weight is 1840 g/mol. The van der Waals surface area contributed by atoms with Crippen LogP contribution >= 0.6 is 0 Å². The summed E-state index contributed by atoms with van der Waals surface area (Å²) in [5.74, 6) is 4.66. The molecule has 0 aliphatic rings. The van der Waals surface area contributed by atoms with Gasteiger partial charge in [0.1, 0.15) is 0 Å². The molecule has 0 unspecified atom stereocenters. The summed E-state index contributed by atoms with van der Waals surface area (Å²) in [5, 5.41) is 30.1. The molecule has 23 aromatic carbocycles. The third kappa shape index (κ3) is 16.8. The molecule has 10 nitrogen and oxygen atoms in total. The van der Waals surface area contributed by atoms with Crippen molar-refractivity contribution >= 4 is 129 Å². The van der Waals surface area contributed by atoms with Gasteiger partial charge in [0.05, 0.1) is 22.8 Å². The molecular weight excluding hydrogens is 1750 g/mol.